The summed E-state index contributed by atoms with van der Waals surface area (Å²) in [6.07, 6.45) is 0.917. The highest BCUT2D eigenvalue weighted by atomic mass is 79.9. The maximum absolute atomic E-state index is 12.4. The summed E-state index contributed by atoms with van der Waals surface area (Å²) in [4.78, 5) is 16.9. The standard InChI is InChI=1S/C19H15BrN2OS/c20-14-8-6-13(7-9-14)17-11-24-19(21-17)22-18(23)16-10-15(16)12-4-2-1-3-5-12/h1-9,11,15-16H,10H2,(H,21,22,23)/t15-,16-/m0/s1. The second-order valence-electron chi connectivity index (χ2n) is 5.89. The number of aromatic nitrogens is 1. The van der Waals surface area contributed by atoms with Gasteiger partial charge < -0.3 is 5.32 Å². The van der Waals surface area contributed by atoms with Crippen molar-refractivity contribution < 1.29 is 4.79 Å². The highest BCUT2D eigenvalue weighted by molar-refractivity contribution is 9.10. The van der Waals surface area contributed by atoms with E-state index in [-0.39, 0.29) is 11.8 Å². The van der Waals surface area contributed by atoms with E-state index in [0.29, 0.717) is 11.0 Å². The van der Waals surface area contributed by atoms with Crippen LogP contribution >= 0.6 is 27.3 Å². The number of hydrogen-bond donors (Lipinski definition) is 1. The van der Waals surface area contributed by atoms with Crippen molar-refractivity contribution in [2.24, 2.45) is 5.92 Å². The molecule has 0 bridgehead atoms. The normalized spacial score (nSPS) is 19.0. The lowest BCUT2D eigenvalue weighted by Crippen LogP contribution is -2.14. The number of carbonyl (C=O) groups is 1. The Hall–Kier alpha value is -1.98. The van der Waals surface area contributed by atoms with E-state index in [1.54, 1.807) is 0 Å². The molecule has 1 aromatic heterocycles. The smallest absolute Gasteiger partial charge is 0.229 e. The number of rotatable bonds is 4. The van der Waals surface area contributed by atoms with Crippen molar-refractivity contribution in [2.45, 2.75) is 12.3 Å². The Morgan fingerprint density at radius 3 is 2.62 bits per heavy atom. The number of halogens is 1. The first-order chi connectivity index (χ1) is 11.7. The predicted molar refractivity (Wildman–Crippen MR) is 101 cm³/mol. The average Bonchev–Trinajstić information content (AvgIpc) is 3.29. The molecule has 3 aromatic rings. The van der Waals surface area contributed by atoms with Gasteiger partial charge in [-0.15, -0.1) is 11.3 Å². The van der Waals surface area contributed by atoms with Crippen LogP contribution in [-0.4, -0.2) is 10.9 Å². The highest BCUT2D eigenvalue weighted by Crippen LogP contribution is 2.48. The third kappa shape index (κ3) is 3.28. The minimum atomic E-state index is 0.0624. The van der Waals surface area contributed by atoms with Gasteiger partial charge in [-0.1, -0.05) is 58.4 Å². The molecule has 0 saturated heterocycles. The molecule has 5 heteroatoms. The van der Waals surface area contributed by atoms with Crippen molar-refractivity contribution >= 4 is 38.3 Å². The van der Waals surface area contributed by atoms with E-state index in [1.807, 2.05) is 47.8 Å². The van der Waals surface area contributed by atoms with Crippen molar-refractivity contribution in [3.63, 3.8) is 0 Å². The Morgan fingerprint density at radius 1 is 1.12 bits per heavy atom. The quantitative estimate of drug-likeness (QED) is 0.646. The van der Waals surface area contributed by atoms with E-state index in [2.05, 4.69) is 38.4 Å². The van der Waals surface area contributed by atoms with Gasteiger partial charge in [0.15, 0.2) is 5.13 Å². The molecule has 1 aliphatic rings. The summed E-state index contributed by atoms with van der Waals surface area (Å²) in [6.45, 7) is 0. The molecule has 0 aliphatic heterocycles. The van der Waals surface area contributed by atoms with Crippen LogP contribution in [0.25, 0.3) is 11.3 Å². The third-order valence-electron chi connectivity index (χ3n) is 4.23. The molecule has 2 atom stereocenters. The van der Waals surface area contributed by atoms with Gasteiger partial charge in [-0.05, 0) is 30.0 Å². The zero-order valence-electron chi connectivity index (χ0n) is 12.8. The molecule has 0 spiro atoms. The Labute approximate surface area is 152 Å². The summed E-state index contributed by atoms with van der Waals surface area (Å²) >= 11 is 4.89. The predicted octanol–water partition coefficient (Wildman–Crippen LogP) is 5.31. The number of hydrogen-bond acceptors (Lipinski definition) is 3. The lowest BCUT2D eigenvalue weighted by Gasteiger charge is -2.01. The minimum absolute atomic E-state index is 0.0624. The second kappa shape index (κ2) is 6.49. The summed E-state index contributed by atoms with van der Waals surface area (Å²) in [6, 6.07) is 18.2. The van der Waals surface area contributed by atoms with Gasteiger partial charge in [-0.3, -0.25) is 4.79 Å². The molecule has 1 saturated carbocycles. The molecule has 4 rings (SSSR count). The molecular formula is C19H15BrN2OS. The van der Waals surface area contributed by atoms with Crippen molar-refractivity contribution in [2.75, 3.05) is 5.32 Å². The zero-order valence-corrected chi connectivity index (χ0v) is 15.2. The maximum Gasteiger partial charge on any atom is 0.229 e. The number of amides is 1. The summed E-state index contributed by atoms with van der Waals surface area (Å²) in [5.74, 6) is 0.477. The van der Waals surface area contributed by atoms with E-state index in [0.717, 1.165) is 22.2 Å². The van der Waals surface area contributed by atoms with E-state index in [9.17, 15) is 4.79 Å². The molecule has 1 fully saturated rings. The number of carbonyl (C=O) groups excluding carboxylic acids is 1. The van der Waals surface area contributed by atoms with Crippen LogP contribution in [0.4, 0.5) is 5.13 Å². The SMILES string of the molecule is O=C(Nc1nc(-c2ccc(Br)cc2)cs1)[C@H]1C[C@H]1c1ccccc1. The molecule has 1 amide bonds. The molecular weight excluding hydrogens is 384 g/mol. The van der Waals surface area contributed by atoms with Gasteiger partial charge in [0.25, 0.3) is 0 Å². The van der Waals surface area contributed by atoms with Crippen LogP contribution < -0.4 is 5.32 Å². The van der Waals surface area contributed by atoms with E-state index in [4.69, 9.17) is 0 Å². The fourth-order valence-corrected chi connectivity index (χ4v) is 3.82. The van der Waals surface area contributed by atoms with Crippen LogP contribution in [0, 0.1) is 5.92 Å². The third-order valence-corrected chi connectivity index (χ3v) is 5.52. The highest BCUT2D eigenvalue weighted by Gasteiger charge is 2.44. The van der Waals surface area contributed by atoms with Crippen LogP contribution in [0.15, 0.2) is 64.5 Å². The van der Waals surface area contributed by atoms with Crippen molar-refractivity contribution in [1.29, 1.82) is 0 Å². The number of benzene rings is 2. The van der Waals surface area contributed by atoms with E-state index in [1.165, 1.54) is 16.9 Å². The molecule has 0 radical (unpaired) electrons. The van der Waals surface area contributed by atoms with Crippen molar-refractivity contribution in [1.82, 2.24) is 4.98 Å². The molecule has 0 unspecified atom stereocenters. The summed E-state index contributed by atoms with van der Waals surface area (Å²) in [5.41, 5.74) is 3.18. The summed E-state index contributed by atoms with van der Waals surface area (Å²) in [7, 11) is 0. The van der Waals surface area contributed by atoms with Crippen LogP contribution in [0.5, 0.6) is 0 Å². The lowest BCUT2D eigenvalue weighted by molar-refractivity contribution is -0.117. The minimum Gasteiger partial charge on any atom is -0.302 e. The topological polar surface area (TPSA) is 42.0 Å². The molecule has 3 nitrogen and oxygen atoms in total. The number of nitrogens with zero attached hydrogens (tertiary/aromatic N) is 1. The second-order valence-corrected chi connectivity index (χ2v) is 7.67. The molecule has 2 aromatic carbocycles. The summed E-state index contributed by atoms with van der Waals surface area (Å²) < 4.78 is 1.04. The average molecular weight is 399 g/mol. The van der Waals surface area contributed by atoms with Crippen molar-refractivity contribution in [3.05, 3.63) is 70.0 Å². The van der Waals surface area contributed by atoms with Gasteiger partial charge in [0.1, 0.15) is 0 Å². The molecule has 120 valence electrons. The largest absolute Gasteiger partial charge is 0.302 e. The number of anilines is 1. The fourth-order valence-electron chi connectivity index (χ4n) is 2.84. The number of thiazole rings is 1. The Kier molecular flexibility index (Phi) is 4.21. The van der Waals surface area contributed by atoms with Gasteiger partial charge >= 0.3 is 0 Å². The number of nitrogens with one attached hydrogen (secondary N) is 1. The Morgan fingerprint density at radius 2 is 1.88 bits per heavy atom. The Bertz CT molecular complexity index is 861. The van der Waals surface area contributed by atoms with Gasteiger partial charge in [0.05, 0.1) is 5.69 Å². The van der Waals surface area contributed by atoms with Gasteiger partial charge in [-0.2, -0.15) is 0 Å². The van der Waals surface area contributed by atoms with E-state index < -0.39 is 0 Å². The first-order valence-electron chi connectivity index (χ1n) is 7.78. The Balaban J connectivity index is 1.41. The molecule has 1 heterocycles. The van der Waals surface area contributed by atoms with Crippen molar-refractivity contribution in [3.8, 4) is 11.3 Å². The van der Waals surface area contributed by atoms with Gasteiger partial charge in [0, 0.05) is 21.3 Å². The molecule has 1 aliphatic carbocycles. The monoisotopic (exact) mass is 398 g/mol. The van der Waals surface area contributed by atoms with Crippen LogP contribution in [0.2, 0.25) is 0 Å². The first kappa shape index (κ1) is 15.5. The molecule has 1 N–H and O–H groups in total. The summed E-state index contributed by atoms with van der Waals surface area (Å²) in [5, 5.41) is 5.60. The first-order valence-corrected chi connectivity index (χ1v) is 9.45. The maximum atomic E-state index is 12.4. The van der Waals surface area contributed by atoms with Crippen LogP contribution in [-0.2, 0) is 4.79 Å². The van der Waals surface area contributed by atoms with Crippen LogP contribution in [0.3, 0.4) is 0 Å². The fraction of sp³-hybridized carbons (Fsp3) is 0.158. The van der Waals surface area contributed by atoms with Gasteiger partial charge in [-0.25, -0.2) is 4.98 Å². The van der Waals surface area contributed by atoms with E-state index >= 15 is 0 Å². The van der Waals surface area contributed by atoms with Crippen LogP contribution in [0.1, 0.15) is 17.9 Å². The molecule has 24 heavy (non-hydrogen) atoms. The zero-order chi connectivity index (χ0) is 16.5. The lowest BCUT2D eigenvalue weighted by atomic mass is 10.1. The van der Waals surface area contributed by atoms with Gasteiger partial charge in [0.2, 0.25) is 5.91 Å².